The quantitative estimate of drug-likeness (QED) is 0.629. The first-order valence-corrected chi connectivity index (χ1v) is 9.65. The van der Waals surface area contributed by atoms with Crippen molar-refractivity contribution in [2.45, 2.75) is 23.9 Å². The van der Waals surface area contributed by atoms with Gasteiger partial charge in [0.05, 0.1) is 0 Å². The number of amides is 1. The number of nitrogens with zero attached hydrogens (tertiary/aromatic N) is 1. The molecule has 0 atom stereocenters. The predicted octanol–water partition coefficient (Wildman–Crippen LogP) is 4.89. The smallest absolute Gasteiger partial charge is 0.269 e. The molecule has 0 fully saturated rings. The summed E-state index contributed by atoms with van der Waals surface area (Å²) in [7, 11) is 0. The van der Waals surface area contributed by atoms with Crippen molar-refractivity contribution in [3.8, 4) is 0 Å². The Hall–Kier alpha value is -2.31. The van der Waals surface area contributed by atoms with E-state index in [0.717, 1.165) is 26.9 Å². The Morgan fingerprint density at radius 1 is 1.12 bits per heavy atom. The second-order valence-corrected chi connectivity index (χ2v) is 7.91. The zero-order valence-corrected chi connectivity index (χ0v) is 15.7. The topological polar surface area (TPSA) is 68.0 Å². The van der Waals surface area contributed by atoms with Gasteiger partial charge in [-0.15, -0.1) is 11.3 Å². The standard InChI is InChI=1S/C19H19N3OS2/c1-12-7-6-8-13(2)15(12)21-18(23)16-17(20)22-19(25-16)24-11-14-9-4-3-5-10-14/h3-10H,11,20H2,1-2H3,(H,21,23). The van der Waals surface area contributed by atoms with E-state index in [9.17, 15) is 4.79 Å². The molecule has 0 aliphatic heterocycles. The molecule has 1 amide bonds. The zero-order valence-electron chi connectivity index (χ0n) is 14.1. The van der Waals surface area contributed by atoms with Crippen LogP contribution in [0.3, 0.4) is 0 Å². The monoisotopic (exact) mass is 369 g/mol. The van der Waals surface area contributed by atoms with Crippen molar-refractivity contribution in [1.29, 1.82) is 0 Å². The lowest BCUT2D eigenvalue weighted by Gasteiger charge is -2.10. The summed E-state index contributed by atoms with van der Waals surface area (Å²) in [5, 5.41) is 2.96. The number of hydrogen-bond donors (Lipinski definition) is 2. The lowest BCUT2D eigenvalue weighted by atomic mass is 10.1. The summed E-state index contributed by atoms with van der Waals surface area (Å²) in [6.07, 6.45) is 0. The largest absolute Gasteiger partial charge is 0.382 e. The maximum Gasteiger partial charge on any atom is 0.269 e. The van der Waals surface area contributed by atoms with Gasteiger partial charge in [0.2, 0.25) is 0 Å². The van der Waals surface area contributed by atoms with E-state index in [0.29, 0.717) is 4.88 Å². The SMILES string of the molecule is Cc1cccc(C)c1NC(=O)c1sc(SCc2ccccc2)nc1N. The number of benzene rings is 2. The van der Waals surface area contributed by atoms with Crippen molar-refractivity contribution in [2.75, 3.05) is 11.1 Å². The molecule has 128 valence electrons. The molecule has 0 spiro atoms. The number of carbonyl (C=O) groups is 1. The molecule has 3 N–H and O–H groups in total. The number of carbonyl (C=O) groups excluding carboxylic acids is 1. The third kappa shape index (κ3) is 4.21. The van der Waals surface area contributed by atoms with E-state index in [1.54, 1.807) is 11.8 Å². The number of rotatable bonds is 5. The molecule has 0 radical (unpaired) electrons. The van der Waals surface area contributed by atoms with Gasteiger partial charge in [-0.2, -0.15) is 0 Å². The van der Waals surface area contributed by atoms with Crippen molar-refractivity contribution >= 4 is 40.5 Å². The van der Waals surface area contributed by atoms with Crippen molar-refractivity contribution in [1.82, 2.24) is 4.98 Å². The fraction of sp³-hybridized carbons (Fsp3) is 0.158. The number of anilines is 2. The summed E-state index contributed by atoms with van der Waals surface area (Å²) < 4.78 is 0.799. The molecule has 6 heteroatoms. The van der Waals surface area contributed by atoms with Gasteiger partial charge in [0, 0.05) is 11.4 Å². The van der Waals surface area contributed by atoms with Gasteiger partial charge in [0.1, 0.15) is 10.7 Å². The van der Waals surface area contributed by atoms with Crippen LogP contribution < -0.4 is 11.1 Å². The summed E-state index contributed by atoms with van der Waals surface area (Å²) in [5.74, 6) is 0.870. The Bertz CT molecular complexity index is 871. The molecule has 0 saturated heterocycles. The molecule has 1 heterocycles. The molecule has 3 rings (SSSR count). The van der Waals surface area contributed by atoms with Crippen molar-refractivity contribution < 1.29 is 4.79 Å². The predicted molar refractivity (Wildman–Crippen MR) is 106 cm³/mol. The van der Waals surface area contributed by atoms with Crippen molar-refractivity contribution in [3.05, 3.63) is 70.1 Å². The number of aryl methyl sites for hydroxylation is 2. The van der Waals surface area contributed by atoms with Gasteiger partial charge < -0.3 is 11.1 Å². The van der Waals surface area contributed by atoms with Crippen LogP contribution in [0.15, 0.2) is 52.9 Å². The minimum absolute atomic E-state index is 0.209. The van der Waals surface area contributed by atoms with Crippen LogP contribution in [0.25, 0.3) is 0 Å². The molecule has 0 saturated carbocycles. The van der Waals surface area contributed by atoms with Gasteiger partial charge >= 0.3 is 0 Å². The number of nitrogens with one attached hydrogen (secondary N) is 1. The van der Waals surface area contributed by atoms with Crippen LogP contribution in [0, 0.1) is 13.8 Å². The highest BCUT2D eigenvalue weighted by Crippen LogP contribution is 2.32. The third-order valence-electron chi connectivity index (χ3n) is 3.76. The summed E-state index contributed by atoms with van der Waals surface area (Å²) >= 11 is 2.92. The molecule has 25 heavy (non-hydrogen) atoms. The number of aromatic nitrogens is 1. The molecule has 2 aromatic carbocycles. The van der Waals surface area contributed by atoms with Crippen LogP contribution in [0.5, 0.6) is 0 Å². The van der Waals surface area contributed by atoms with Crippen LogP contribution in [-0.4, -0.2) is 10.9 Å². The maximum atomic E-state index is 12.6. The van der Waals surface area contributed by atoms with Crippen molar-refractivity contribution in [2.24, 2.45) is 0 Å². The summed E-state index contributed by atoms with van der Waals surface area (Å²) in [6, 6.07) is 16.1. The van der Waals surface area contributed by atoms with E-state index in [4.69, 9.17) is 5.73 Å². The number of para-hydroxylation sites is 1. The number of hydrogen-bond acceptors (Lipinski definition) is 5. The van der Waals surface area contributed by atoms with Gasteiger partial charge in [-0.3, -0.25) is 4.79 Å². The van der Waals surface area contributed by atoms with Crippen LogP contribution in [0.4, 0.5) is 11.5 Å². The van der Waals surface area contributed by atoms with Gasteiger partial charge in [0.15, 0.2) is 4.34 Å². The van der Waals surface area contributed by atoms with Gasteiger partial charge in [-0.1, -0.05) is 60.3 Å². The minimum atomic E-state index is -0.209. The van der Waals surface area contributed by atoms with Gasteiger partial charge in [0.25, 0.3) is 5.91 Å². The highest BCUT2D eigenvalue weighted by molar-refractivity contribution is 8.00. The summed E-state index contributed by atoms with van der Waals surface area (Å²) in [6.45, 7) is 3.94. The fourth-order valence-corrected chi connectivity index (χ4v) is 4.36. The van der Waals surface area contributed by atoms with Crippen LogP contribution in [-0.2, 0) is 5.75 Å². The van der Waals surface area contributed by atoms with Crippen LogP contribution in [0.2, 0.25) is 0 Å². The fourth-order valence-electron chi connectivity index (χ4n) is 2.44. The molecule has 0 unspecified atom stereocenters. The number of nitrogen functional groups attached to an aromatic ring is 1. The normalized spacial score (nSPS) is 10.6. The van der Waals surface area contributed by atoms with Gasteiger partial charge in [-0.05, 0) is 30.5 Å². The zero-order chi connectivity index (χ0) is 17.8. The van der Waals surface area contributed by atoms with E-state index < -0.39 is 0 Å². The second-order valence-electron chi connectivity index (χ2n) is 5.69. The molecule has 4 nitrogen and oxygen atoms in total. The average molecular weight is 370 g/mol. The molecular formula is C19H19N3OS2. The Balaban J connectivity index is 1.72. The molecular weight excluding hydrogens is 350 g/mol. The number of thioether (sulfide) groups is 1. The molecule has 0 aliphatic rings. The number of nitrogens with two attached hydrogens (primary N) is 1. The molecule has 1 aromatic heterocycles. The second kappa shape index (κ2) is 7.72. The molecule has 3 aromatic rings. The first-order chi connectivity index (χ1) is 12.0. The maximum absolute atomic E-state index is 12.6. The third-order valence-corrected chi connectivity index (χ3v) is 6.05. The highest BCUT2D eigenvalue weighted by atomic mass is 32.2. The van der Waals surface area contributed by atoms with Gasteiger partial charge in [-0.25, -0.2) is 4.98 Å². The van der Waals surface area contributed by atoms with E-state index in [-0.39, 0.29) is 11.7 Å². The van der Waals surface area contributed by atoms with Crippen LogP contribution in [0.1, 0.15) is 26.4 Å². The Labute approximate surface area is 155 Å². The van der Waals surface area contributed by atoms with E-state index in [2.05, 4.69) is 22.4 Å². The average Bonchev–Trinajstić information content (AvgIpc) is 2.98. The van der Waals surface area contributed by atoms with E-state index >= 15 is 0 Å². The summed E-state index contributed by atoms with van der Waals surface area (Å²) in [5.41, 5.74) is 10.1. The Morgan fingerprint density at radius 3 is 2.48 bits per heavy atom. The lowest BCUT2D eigenvalue weighted by Crippen LogP contribution is -2.14. The Kier molecular flexibility index (Phi) is 5.40. The highest BCUT2D eigenvalue weighted by Gasteiger charge is 2.18. The van der Waals surface area contributed by atoms with E-state index in [1.165, 1.54) is 16.9 Å². The first kappa shape index (κ1) is 17.5. The minimum Gasteiger partial charge on any atom is -0.382 e. The summed E-state index contributed by atoms with van der Waals surface area (Å²) in [4.78, 5) is 17.4. The number of thiazole rings is 1. The van der Waals surface area contributed by atoms with E-state index in [1.807, 2.05) is 50.2 Å². The molecule has 0 bridgehead atoms. The van der Waals surface area contributed by atoms with Crippen LogP contribution >= 0.6 is 23.1 Å². The van der Waals surface area contributed by atoms with Crippen molar-refractivity contribution in [3.63, 3.8) is 0 Å². The Morgan fingerprint density at radius 2 is 1.80 bits per heavy atom. The lowest BCUT2D eigenvalue weighted by molar-refractivity contribution is 0.103. The molecule has 0 aliphatic carbocycles. The first-order valence-electron chi connectivity index (χ1n) is 7.85.